The highest BCUT2D eigenvalue weighted by Crippen LogP contribution is 2.17. The Labute approximate surface area is 77.7 Å². The summed E-state index contributed by atoms with van der Waals surface area (Å²) in [5, 5.41) is 1.17. The van der Waals surface area contributed by atoms with Gasteiger partial charge in [-0.25, -0.2) is 0 Å². The maximum atomic E-state index is 4.28. The minimum absolute atomic E-state index is 1.03. The summed E-state index contributed by atoms with van der Waals surface area (Å²) in [5.41, 5.74) is 3.27. The molecule has 0 saturated heterocycles. The largest absolute Gasteiger partial charge is 0.256 e. The number of pyridine rings is 1. The fourth-order valence-electron chi connectivity index (χ4n) is 1.33. The third-order valence-electron chi connectivity index (χ3n) is 2.10. The van der Waals surface area contributed by atoms with Crippen LogP contribution < -0.4 is 0 Å². The predicted molar refractivity (Wildman–Crippen MR) is 56.5 cm³/mol. The van der Waals surface area contributed by atoms with Gasteiger partial charge in [0.15, 0.2) is 0 Å². The first-order chi connectivity index (χ1) is 6.27. The molecule has 1 heterocycles. The van der Waals surface area contributed by atoms with Crippen molar-refractivity contribution >= 4 is 16.5 Å². The Bertz CT molecular complexity index is 457. The zero-order valence-electron chi connectivity index (χ0n) is 7.62. The second-order valence-corrected chi connectivity index (χ2v) is 3.19. The van der Waals surface area contributed by atoms with E-state index in [9.17, 15) is 0 Å². The lowest BCUT2D eigenvalue weighted by Gasteiger charge is -2.01. The van der Waals surface area contributed by atoms with E-state index in [0.29, 0.717) is 0 Å². The van der Waals surface area contributed by atoms with Crippen molar-refractivity contribution in [1.29, 1.82) is 0 Å². The van der Waals surface area contributed by atoms with Crippen LogP contribution in [0.3, 0.4) is 0 Å². The minimum atomic E-state index is 1.03. The lowest BCUT2D eigenvalue weighted by atomic mass is 10.1. The van der Waals surface area contributed by atoms with Gasteiger partial charge in [-0.1, -0.05) is 30.4 Å². The van der Waals surface area contributed by atoms with Crippen LogP contribution in [0.5, 0.6) is 0 Å². The fraction of sp³-hybridized carbons (Fsp3) is 0.0833. The quantitative estimate of drug-likeness (QED) is 0.638. The first-order valence-corrected chi connectivity index (χ1v) is 4.28. The number of hydrogen-bond acceptors (Lipinski definition) is 1. The molecule has 0 spiro atoms. The van der Waals surface area contributed by atoms with Gasteiger partial charge in [-0.2, -0.15) is 0 Å². The third kappa shape index (κ3) is 1.45. The van der Waals surface area contributed by atoms with Gasteiger partial charge in [-0.05, 0) is 24.6 Å². The van der Waals surface area contributed by atoms with E-state index in [1.165, 1.54) is 5.39 Å². The van der Waals surface area contributed by atoms with Crippen molar-refractivity contribution in [1.82, 2.24) is 4.98 Å². The molecule has 1 heteroatoms. The van der Waals surface area contributed by atoms with Crippen LogP contribution in [0.1, 0.15) is 12.5 Å². The average Bonchev–Trinajstić information content (AvgIpc) is 2.17. The molecule has 0 atom stereocenters. The number of benzene rings is 1. The summed E-state index contributed by atoms with van der Waals surface area (Å²) in [6.45, 7) is 5.91. The molecule has 1 nitrogen and oxygen atoms in total. The summed E-state index contributed by atoms with van der Waals surface area (Å²) < 4.78 is 0. The maximum Gasteiger partial charge on any atom is 0.0707 e. The van der Waals surface area contributed by atoms with E-state index >= 15 is 0 Å². The van der Waals surface area contributed by atoms with Gasteiger partial charge in [0.25, 0.3) is 0 Å². The summed E-state index contributed by atoms with van der Waals surface area (Å²) in [6.07, 6.45) is 1.81. The normalized spacial score (nSPS) is 10.2. The minimum Gasteiger partial charge on any atom is -0.256 e. The number of fused-ring (bicyclic) bond motifs is 1. The average molecular weight is 169 g/mol. The summed E-state index contributed by atoms with van der Waals surface area (Å²) in [6, 6.07) is 10.2. The van der Waals surface area contributed by atoms with Crippen LogP contribution >= 0.6 is 0 Å². The Kier molecular flexibility index (Phi) is 1.85. The fourth-order valence-corrected chi connectivity index (χ4v) is 1.33. The smallest absolute Gasteiger partial charge is 0.0707 e. The summed E-state index contributed by atoms with van der Waals surface area (Å²) >= 11 is 0. The summed E-state index contributed by atoms with van der Waals surface area (Å²) in [7, 11) is 0. The molecule has 0 radical (unpaired) electrons. The Balaban J connectivity index is 2.69. The molecule has 0 bridgehead atoms. The van der Waals surface area contributed by atoms with E-state index in [4.69, 9.17) is 0 Å². The number of hydrogen-bond donors (Lipinski definition) is 0. The SMILES string of the molecule is C=C(C)c1ccc2cccnc2c1. The van der Waals surface area contributed by atoms with Crippen molar-refractivity contribution in [2.75, 3.05) is 0 Å². The molecular formula is C12H11N. The predicted octanol–water partition coefficient (Wildman–Crippen LogP) is 3.27. The molecule has 0 saturated carbocycles. The Hall–Kier alpha value is -1.63. The second kappa shape index (κ2) is 3.02. The van der Waals surface area contributed by atoms with Gasteiger partial charge in [0, 0.05) is 11.6 Å². The van der Waals surface area contributed by atoms with Crippen molar-refractivity contribution in [2.45, 2.75) is 6.92 Å². The highest BCUT2D eigenvalue weighted by atomic mass is 14.6. The van der Waals surface area contributed by atoms with Crippen LogP contribution in [0, 0.1) is 0 Å². The molecule has 0 aliphatic heterocycles. The molecule has 1 aromatic heterocycles. The highest BCUT2D eigenvalue weighted by molar-refractivity contribution is 5.82. The number of aromatic nitrogens is 1. The zero-order chi connectivity index (χ0) is 9.26. The van der Waals surface area contributed by atoms with Gasteiger partial charge in [-0.15, -0.1) is 0 Å². The Morgan fingerprint density at radius 2 is 2.15 bits per heavy atom. The molecule has 0 fully saturated rings. The third-order valence-corrected chi connectivity index (χ3v) is 2.10. The lowest BCUT2D eigenvalue weighted by molar-refractivity contribution is 1.41. The summed E-state index contributed by atoms with van der Waals surface area (Å²) in [5.74, 6) is 0. The number of allylic oxidation sites excluding steroid dienone is 1. The number of rotatable bonds is 1. The van der Waals surface area contributed by atoms with E-state index in [1.54, 1.807) is 0 Å². The first kappa shape index (κ1) is 7.99. The van der Waals surface area contributed by atoms with E-state index < -0.39 is 0 Å². The zero-order valence-corrected chi connectivity index (χ0v) is 7.62. The van der Waals surface area contributed by atoms with E-state index in [0.717, 1.165) is 16.7 Å². The monoisotopic (exact) mass is 169 g/mol. The number of nitrogens with zero attached hydrogens (tertiary/aromatic N) is 1. The van der Waals surface area contributed by atoms with Crippen molar-refractivity contribution in [2.24, 2.45) is 0 Å². The van der Waals surface area contributed by atoms with Crippen LogP contribution in [-0.4, -0.2) is 4.98 Å². The van der Waals surface area contributed by atoms with E-state index in [1.807, 2.05) is 19.2 Å². The topological polar surface area (TPSA) is 12.9 Å². The molecule has 0 amide bonds. The summed E-state index contributed by atoms with van der Waals surface area (Å²) in [4.78, 5) is 4.28. The van der Waals surface area contributed by atoms with Crippen LogP contribution in [-0.2, 0) is 0 Å². The molecule has 0 unspecified atom stereocenters. The van der Waals surface area contributed by atoms with Gasteiger partial charge in [-0.3, -0.25) is 4.98 Å². The molecular weight excluding hydrogens is 158 g/mol. The molecule has 1 aromatic carbocycles. The maximum absolute atomic E-state index is 4.28. The molecule has 13 heavy (non-hydrogen) atoms. The Morgan fingerprint density at radius 1 is 1.31 bits per heavy atom. The highest BCUT2D eigenvalue weighted by Gasteiger charge is 1.96. The van der Waals surface area contributed by atoms with E-state index in [2.05, 4.69) is 35.8 Å². The van der Waals surface area contributed by atoms with Gasteiger partial charge >= 0.3 is 0 Å². The standard InChI is InChI=1S/C12H11N/c1-9(2)11-6-5-10-4-3-7-13-12(10)8-11/h3-8H,1H2,2H3. The van der Waals surface area contributed by atoms with E-state index in [-0.39, 0.29) is 0 Å². The Morgan fingerprint density at radius 3 is 2.92 bits per heavy atom. The van der Waals surface area contributed by atoms with Gasteiger partial charge in [0.2, 0.25) is 0 Å². The van der Waals surface area contributed by atoms with Crippen molar-refractivity contribution in [3.63, 3.8) is 0 Å². The second-order valence-electron chi connectivity index (χ2n) is 3.19. The molecule has 64 valence electrons. The van der Waals surface area contributed by atoms with Crippen molar-refractivity contribution in [3.05, 3.63) is 48.7 Å². The van der Waals surface area contributed by atoms with Crippen molar-refractivity contribution < 1.29 is 0 Å². The lowest BCUT2D eigenvalue weighted by Crippen LogP contribution is -1.81. The van der Waals surface area contributed by atoms with Crippen LogP contribution in [0.15, 0.2) is 43.1 Å². The van der Waals surface area contributed by atoms with Crippen LogP contribution in [0.2, 0.25) is 0 Å². The molecule has 2 rings (SSSR count). The van der Waals surface area contributed by atoms with Crippen LogP contribution in [0.25, 0.3) is 16.5 Å². The van der Waals surface area contributed by atoms with Crippen molar-refractivity contribution in [3.8, 4) is 0 Å². The van der Waals surface area contributed by atoms with Gasteiger partial charge < -0.3 is 0 Å². The molecule has 0 aliphatic carbocycles. The molecule has 2 aromatic rings. The molecule has 0 N–H and O–H groups in total. The molecule has 0 aliphatic rings. The van der Waals surface area contributed by atoms with Gasteiger partial charge in [0.1, 0.15) is 0 Å². The van der Waals surface area contributed by atoms with Crippen LogP contribution in [0.4, 0.5) is 0 Å². The first-order valence-electron chi connectivity index (χ1n) is 4.28. The van der Waals surface area contributed by atoms with Gasteiger partial charge in [0.05, 0.1) is 5.52 Å².